The fourth-order valence-corrected chi connectivity index (χ4v) is 3.88. The van der Waals surface area contributed by atoms with Crippen molar-refractivity contribution in [3.63, 3.8) is 0 Å². The maximum absolute atomic E-state index is 13.8. The minimum Gasteiger partial charge on any atom is -0.348 e. The van der Waals surface area contributed by atoms with E-state index in [1.54, 1.807) is 13.8 Å². The first-order valence-corrected chi connectivity index (χ1v) is 9.49. The van der Waals surface area contributed by atoms with Crippen molar-refractivity contribution in [3.8, 4) is 0 Å². The van der Waals surface area contributed by atoms with Gasteiger partial charge in [0.1, 0.15) is 16.5 Å². The molecule has 27 heavy (non-hydrogen) atoms. The standard InChI is InChI=1S/C21H20F2N2OS/c1-13(11-16-17(22)9-6-10-18(16)23)24-21(26)20-14(2)25-19(27-20)12-15-7-4-3-5-8-15/h3-10,13H,11-12H2,1-2H3,(H,24,26). The molecule has 0 saturated carbocycles. The summed E-state index contributed by atoms with van der Waals surface area (Å²) in [5, 5.41) is 3.67. The Bertz CT molecular complexity index is 920. The molecule has 0 spiro atoms. The molecule has 3 aromatic rings. The van der Waals surface area contributed by atoms with Gasteiger partial charge in [0.05, 0.1) is 10.7 Å². The summed E-state index contributed by atoms with van der Waals surface area (Å²) in [7, 11) is 0. The van der Waals surface area contributed by atoms with Gasteiger partial charge in [0.15, 0.2) is 0 Å². The zero-order chi connectivity index (χ0) is 19.4. The van der Waals surface area contributed by atoms with Crippen molar-refractivity contribution in [2.75, 3.05) is 0 Å². The van der Waals surface area contributed by atoms with E-state index in [4.69, 9.17) is 0 Å². The number of amides is 1. The molecule has 140 valence electrons. The van der Waals surface area contributed by atoms with Crippen LogP contribution in [0.4, 0.5) is 8.78 Å². The molecule has 0 aliphatic heterocycles. The summed E-state index contributed by atoms with van der Waals surface area (Å²) in [4.78, 5) is 17.6. The van der Waals surface area contributed by atoms with Gasteiger partial charge in [0, 0.05) is 18.0 Å². The fraction of sp³-hybridized carbons (Fsp3) is 0.238. The van der Waals surface area contributed by atoms with Crippen LogP contribution in [0.25, 0.3) is 0 Å². The number of carbonyl (C=O) groups excluding carboxylic acids is 1. The number of thiazole rings is 1. The number of aryl methyl sites for hydroxylation is 1. The number of hydrogen-bond donors (Lipinski definition) is 1. The second kappa shape index (κ2) is 8.39. The quantitative estimate of drug-likeness (QED) is 0.668. The van der Waals surface area contributed by atoms with Crippen molar-refractivity contribution in [2.45, 2.75) is 32.7 Å². The number of hydrogen-bond acceptors (Lipinski definition) is 3. The second-order valence-corrected chi connectivity index (χ2v) is 7.55. The molecule has 0 bridgehead atoms. The predicted molar refractivity (Wildman–Crippen MR) is 103 cm³/mol. The molecule has 1 unspecified atom stereocenters. The topological polar surface area (TPSA) is 42.0 Å². The minimum absolute atomic E-state index is 0.0175. The van der Waals surface area contributed by atoms with E-state index in [-0.39, 0.29) is 17.9 Å². The second-order valence-electron chi connectivity index (χ2n) is 6.46. The van der Waals surface area contributed by atoms with E-state index in [1.807, 2.05) is 30.3 Å². The van der Waals surface area contributed by atoms with Crippen molar-refractivity contribution < 1.29 is 13.6 Å². The van der Waals surface area contributed by atoms with Crippen LogP contribution in [0, 0.1) is 18.6 Å². The first-order chi connectivity index (χ1) is 12.9. The van der Waals surface area contributed by atoms with Crippen molar-refractivity contribution in [3.05, 3.63) is 86.9 Å². The predicted octanol–water partition coefficient (Wildman–Crippen LogP) is 4.68. The Morgan fingerprint density at radius 2 is 1.78 bits per heavy atom. The number of nitrogens with one attached hydrogen (secondary N) is 1. The number of aromatic nitrogens is 1. The minimum atomic E-state index is -0.602. The van der Waals surface area contributed by atoms with Crippen LogP contribution in [-0.4, -0.2) is 16.9 Å². The average molecular weight is 386 g/mol. The molecule has 1 heterocycles. The SMILES string of the molecule is Cc1nc(Cc2ccccc2)sc1C(=O)NC(C)Cc1c(F)cccc1F. The first-order valence-electron chi connectivity index (χ1n) is 8.68. The maximum Gasteiger partial charge on any atom is 0.263 e. The van der Waals surface area contributed by atoms with Gasteiger partial charge in [-0.05, 0) is 38.0 Å². The van der Waals surface area contributed by atoms with Crippen molar-refractivity contribution in [1.82, 2.24) is 10.3 Å². The van der Waals surface area contributed by atoms with E-state index in [0.29, 0.717) is 17.0 Å². The van der Waals surface area contributed by atoms with E-state index in [0.717, 1.165) is 10.6 Å². The zero-order valence-corrected chi connectivity index (χ0v) is 15.9. The molecule has 1 N–H and O–H groups in total. The molecule has 1 atom stereocenters. The molecule has 3 rings (SSSR count). The highest BCUT2D eigenvalue weighted by molar-refractivity contribution is 7.13. The smallest absolute Gasteiger partial charge is 0.263 e. The fourth-order valence-electron chi connectivity index (χ4n) is 2.88. The summed E-state index contributed by atoms with van der Waals surface area (Å²) in [6, 6.07) is 13.3. The molecule has 0 aliphatic carbocycles. The number of rotatable bonds is 6. The van der Waals surface area contributed by atoms with Gasteiger partial charge in [-0.2, -0.15) is 0 Å². The van der Waals surface area contributed by atoms with Gasteiger partial charge < -0.3 is 5.32 Å². The molecule has 0 radical (unpaired) electrons. The summed E-state index contributed by atoms with van der Waals surface area (Å²) in [6.07, 6.45) is 0.745. The van der Waals surface area contributed by atoms with Crippen LogP contribution in [-0.2, 0) is 12.8 Å². The van der Waals surface area contributed by atoms with E-state index in [2.05, 4.69) is 10.3 Å². The van der Waals surface area contributed by atoms with Crippen LogP contribution in [0.1, 0.15) is 38.4 Å². The average Bonchev–Trinajstić information content (AvgIpc) is 2.99. The number of halogens is 2. The maximum atomic E-state index is 13.8. The Labute approximate surface area is 161 Å². The molecule has 1 aromatic heterocycles. The van der Waals surface area contributed by atoms with Crippen molar-refractivity contribution in [2.24, 2.45) is 0 Å². The molecule has 0 saturated heterocycles. The van der Waals surface area contributed by atoms with Gasteiger partial charge in [-0.15, -0.1) is 11.3 Å². The van der Waals surface area contributed by atoms with Gasteiger partial charge in [0.2, 0.25) is 0 Å². The Balaban J connectivity index is 1.67. The van der Waals surface area contributed by atoms with Gasteiger partial charge in [-0.25, -0.2) is 13.8 Å². The highest BCUT2D eigenvalue weighted by Crippen LogP contribution is 2.21. The third-order valence-corrected chi connectivity index (χ3v) is 5.35. The van der Waals surface area contributed by atoms with E-state index in [1.165, 1.54) is 29.5 Å². The summed E-state index contributed by atoms with van der Waals surface area (Å²) < 4.78 is 27.6. The van der Waals surface area contributed by atoms with Crippen molar-refractivity contribution >= 4 is 17.2 Å². The molecule has 0 aliphatic rings. The third kappa shape index (κ3) is 4.77. The van der Waals surface area contributed by atoms with E-state index < -0.39 is 17.7 Å². The van der Waals surface area contributed by atoms with E-state index in [9.17, 15) is 13.6 Å². The lowest BCUT2D eigenvalue weighted by Crippen LogP contribution is -2.34. The van der Waals surface area contributed by atoms with Crippen LogP contribution in [0.2, 0.25) is 0 Å². The molecule has 1 amide bonds. The number of benzene rings is 2. The summed E-state index contributed by atoms with van der Waals surface area (Å²) >= 11 is 1.35. The van der Waals surface area contributed by atoms with E-state index >= 15 is 0 Å². The van der Waals surface area contributed by atoms with Crippen LogP contribution in [0.15, 0.2) is 48.5 Å². The van der Waals surface area contributed by atoms with Crippen LogP contribution in [0.3, 0.4) is 0 Å². The molecular formula is C21H20F2N2OS. The van der Waals surface area contributed by atoms with Gasteiger partial charge >= 0.3 is 0 Å². The van der Waals surface area contributed by atoms with Gasteiger partial charge in [0.25, 0.3) is 5.91 Å². The largest absolute Gasteiger partial charge is 0.348 e. The summed E-state index contributed by atoms with van der Waals surface area (Å²) in [5.74, 6) is -1.47. The monoisotopic (exact) mass is 386 g/mol. The van der Waals surface area contributed by atoms with Crippen molar-refractivity contribution in [1.29, 1.82) is 0 Å². The summed E-state index contributed by atoms with van der Waals surface area (Å²) in [5.41, 5.74) is 1.77. The first kappa shape index (κ1) is 19.2. The third-order valence-electron chi connectivity index (χ3n) is 4.19. The number of nitrogens with zero attached hydrogens (tertiary/aromatic N) is 1. The lowest BCUT2D eigenvalue weighted by Gasteiger charge is -2.14. The van der Waals surface area contributed by atoms with Gasteiger partial charge in [-0.3, -0.25) is 4.79 Å². The lowest BCUT2D eigenvalue weighted by molar-refractivity contribution is 0.0943. The normalized spacial score (nSPS) is 12.0. The summed E-state index contributed by atoms with van der Waals surface area (Å²) in [6.45, 7) is 3.52. The van der Waals surface area contributed by atoms with Crippen LogP contribution in [0.5, 0.6) is 0 Å². The molecular weight excluding hydrogens is 366 g/mol. The lowest BCUT2D eigenvalue weighted by atomic mass is 10.1. The Morgan fingerprint density at radius 1 is 1.11 bits per heavy atom. The highest BCUT2D eigenvalue weighted by atomic mass is 32.1. The Kier molecular flexibility index (Phi) is 5.96. The number of carbonyl (C=O) groups is 1. The highest BCUT2D eigenvalue weighted by Gasteiger charge is 2.19. The molecule has 6 heteroatoms. The molecule has 3 nitrogen and oxygen atoms in total. The molecule has 0 fully saturated rings. The molecule has 2 aromatic carbocycles. The Hall–Kier alpha value is -2.60. The van der Waals surface area contributed by atoms with Crippen LogP contribution >= 0.6 is 11.3 Å². The Morgan fingerprint density at radius 3 is 2.44 bits per heavy atom. The van der Waals surface area contributed by atoms with Crippen LogP contribution < -0.4 is 5.32 Å². The van der Waals surface area contributed by atoms with Gasteiger partial charge in [-0.1, -0.05) is 36.4 Å². The zero-order valence-electron chi connectivity index (χ0n) is 15.1.